The van der Waals surface area contributed by atoms with Gasteiger partial charge in [-0.3, -0.25) is 0 Å². The van der Waals surface area contributed by atoms with Crippen LogP contribution in [-0.4, -0.2) is 25.8 Å². The van der Waals surface area contributed by atoms with E-state index in [9.17, 15) is 13.2 Å². The SMILES string of the molecule is N#Cc1ccc(C(F)(F)F)c(N2CCC(OCC3CCCC3)CC2)c1. The van der Waals surface area contributed by atoms with E-state index in [4.69, 9.17) is 10.00 Å². The lowest BCUT2D eigenvalue weighted by molar-refractivity contribution is -0.137. The Morgan fingerprint density at radius 1 is 1.12 bits per heavy atom. The lowest BCUT2D eigenvalue weighted by Crippen LogP contribution is -2.38. The predicted molar refractivity (Wildman–Crippen MR) is 89.3 cm³/mol. The van der Waals surface area contributed by atoms with E-state index in [0.717, 1.165) is 25.5 Å². The van der Waals surface area contributed by atoms with Gasteiger partial charge in [-0.05, 0) is 49.8 Å². The van der Waals surface area contributed by atoms with Gasteiger partial charge in [-0.25, -0.2) is 0 Å². The molecule has 1 saturated carbocycles. The Kier molecular flexibility index (Phi) is 5.53. The van der Waals surface area contributed by atoms with Crippen LogP contribution in [-0.2, 0) is 10.9 Å². The fourth-order valence-corrected chi connectivity index (χ4v) is 3.82. The summed E-state index contributed by atoms with van der Waals surface area (Å²) in [5.41, 5.74) is -0.305. The van der Waals surface area contributed by atoms with Crippen molar-refractivity contribution in [2.45, 2.75) is 50.8 Å². The van der Waals surface area contributed by atoms with Crippen LogP contribution in [0.1, 0.15) is 49.7 Å². The molecule has 1 aliphatic heterocycles. The van der Waals surface area contributed by atoms with Crippen molar-refractivity contribution in [3.8, 4) is 6.07 Å². The first kappa shape index (κ1) is 18.1. The summed E-state index contributed by atoms with van der Waals surface area (Å²) in [7, 11) is 0. The van der Waals surface area contributed by atoms with Crippen molar-refractivity contribution in [2.75, 3.05) is 24.6 Å². The van der Waals surface area contributed by atoms with Crippen molar-refractivity contribution in [2.24, 2.45) is 5.92 Å². The van der Waals surface area contributed by atoms with Crippen LogP contribution in [0.25, 0.3) is 0 Å². The number of hydrogen-bond acceptors (Lipinski definition) is 3. The molecule has 1 heterocycles. The smallest absolute Gasteiger partial charge is 0.378 e. The fourth-order valence-electron chi connectivity index (χ4n) is 3.82. The molecule has 136 valence electrons. The lowest BCUT2D eigenvalue weighted by atomic mass is 10.0. The van der Waals surface area contributed by atoms with E-state index in [-0.39, 0.29) is 17.4 Å². The molecule has 0 unspecified atom stereocenters. The van der Waals surface area contributed by atoms with E-state index in [0.29, 0.717) is 19.0 Å². The largest absolute Gasteiger partial charge is 0.418 e. The highest BCUT2D eigenvalue weighted by Crippen LogP contribution is 2.38. The van der Waals surface area contributed by atoms with Gasteiger partial charge >= 0.3 is 6.18 Å². The average molecular weight is 352 g/mol. The molecule has 1 aromatic rings. The Labute approximate surface area is 146 Å². The number of nitriles is 1. The number of rotatable bonds is 4. The third-order valence-corrected chi connectivity index (χ3v) is 5.26. The normalized spacial score (nSPS) is 20.0. The molecule has 25 heavy (non-hydrogen) atoms. The van der Waals surface area contributed by atoms with Crippen molar-refractivity contribution in [1.82, 2.24) is 0 Å². The van der Waals surface area contributed by atoms with Gasteiger partial charge in [-0.2, -0.15) is 18.4 Å². The molecular formula is C19H23F3N2O. The molecule has 3 nitrogen and oxygen atoms in total. The average Bonchev–Trinajstić information content (AvgIpc) is 3.12. The monoisotopic (exact) mass is 352 g/mol. The highest BCUT2D eigenvalue weighted by molar-refractivity contribution is 5.59. The number of piperidine rings is 1. The number of benzene rings is 1. The first-order valence-corrected chi connectivity index (χ1v) is 8.95. The van der Waals surface area contributed by atoms with Crippen molar-refractivity contribution in [3.05, 3.63) is 29.3 Å². The van der Waals surface area contributed by atoms with E-state index < -0.39 is 11.7 Å². The third kappa shape index (κ3) is 4.46. The molecule has 0 bridgehead atoms. The second-order valence-electron chi connectivity index (χ2n) is 7.01. The Bertz CT molecular complexity index is 625. The Morgan fingerprint density at radius 3 is 2.40 bits per heavy atom. The summed E-state index contributed by atoms with van der Waals surface area (Å²) in [6.07, 6.45) is 2.18. The number of anilines is 1. The van der Waals surface area contributed by atoms with Gasteiger partial charge in [0, 0.05) is 19.7 Å². The lowest BCUT2D eigenvalue weighted by Gasteiger charge is -2.35. The number of halogens is 3. The van der Waals surface area contributed by atoms with E-state index in [2.05, 4.69) is 0 Å². The van der Waals surface area contributed by atoms with Crippen LogP contribution in [0.5, 0.6) is 0 Å². The van der Waals surface area contributed by atoms with Crippen LogP contribution < -0.4 is 4.90 Å². The van der Waals surface area contributed by atoms with Gasteiger partial charge in [0.15, 0.2) is 0 Å². The molecule has 2 fully saturated rings. The molecular weight excluding hydrogens is 329 g/mol. The fraction of sp³-hybridized carbons (Fsp3) is 0.632. The van der Waals surface area contributed by atoms with Gasteiger partial charge < -0.3 is 9.64 Å². The summed E-state index contributed by atoms with van der Waals surface area (Å²) in [5.74, 6) is 0.655. The van der Waals surface area contributed by atoms with Gasteiger partial charge in [-0.1, -0.05) is 12.8 Å². The molecule has 0 N–H and O–H groups in total. The molecule has 0 amide bonds. The summed E-state index contributed by atoms with van der Waals surface area (Å²) < 4.78 is 45.8. The topological polar surface area (TPSA) is 36.3 Å². The molecule has 3 rings (SSSR count). The van der Waals surface area contributed by atoms with Crippen molar-refractivity contribution >= 4 is 5.69 Å². The Hall–Kier alpha value is -1.74. The minimum atomic E-state index is -4.42. The standard InChI is InChI=1S/C19H23F3N2O/c20-19(21,22)17-6-5-15(12-23)11-18(17)24-9-7-16(8-10-24)25-13-14-3-1-2-4-14/h5-6,11,14,16H,1-4,7-10,13H2. The van der Waals surface area contributed by atoms with Crippen molar-refractivity contribution in [1.29, 1.82) is 5.26 Å². The van der Waals surface area contributed by atoms with Crippen LogP contribution in [0.15, 0.2) is 18.2 Å². The van der Waals surface area contributed by atoms with Crippen molar-refractivity contribution in [3.63, 3.8) is 0 Å². The van der Waals surface area contributed by atoms with Crippen LogP contribution in [0.4, 0.5) is 18.9 Å². The summed E-state index contributed by atoms with van der Waals surface area (Å²) >= 11 is 0. The highest BCUT2D eigenvalue weighted by atomic mass is 19.4. The van der Waals surface area contributed by atoms with Gasteiger partial charge in [0.2, 0.25) is 0 Å². The summed E-state index contributed by atoms with van der Waals surface area (Å²) in [6.45, 7) is 1.82. The van der Waals surface area contributed by atoms with E-state index >= 15 is 0 Å². The molecule has 0 radical (unpaired) electrons. The number of alkyl halides is 3. The zero-order valence-electron chi connectivity index (χ0n) is 14.2. The predicted octanol–water partition coefficient (Wildman–Crippen LogP) is 4.75. The zero-order valence-corrected chi connectivity index (χ0v) is 14.2. The van der Waals surface area contributed by atoms with Crippen LogP contribution >= 0.6 is 0 Å². The molecule has 0 aromatic heterocycles. The Morgan fingerprint density at radius 2 is 1.80 bits per heavy atom. The number of ether oxygens (including phenoxy) is 1. The summed E-state index contributed by atoms with van der Waals surface area (Å²) in [6, 6.07) is 5.51. The van der Waals surface area contributed by atoms with Gasteiger partial charge in [-0.15, -0.1) is 0 Å². The summed E-state index contributed by atoms with van der Waals surface area (Å²) in [5, 5.41) is 9.00. The first-order valence-electron chi connectivity index (χ1n) is 8.95. The maximum Gasteiger partial charge on any atom is 0.418 e. The minimum absolute atomic E-state index is 0.112. The maximum absolute atomic E-state index is 13.3. The molecule has 1 aliphatic carbocycles. The van der Waals surface area contributed by atoms with Crippen LogP contribution in [0.2, 0.25) is 0 Å². The minimum Gasteiger partial charge on any atom is -0.378 e. The van der Waals surface area contributed by atoms with Gasteiger partial charge in [0.05, 0.1) is 29.0 Å². The zero-order chi connectivity index (χ0) is 17.9. The van der Waals surface area contributed by atoms with E-state index in [1.165, 1.54) is 37.8 Å². The highest BCUT2D eigenvalue weighted by Gasteiger charge is 2.36. The Balaban J connectivity index is 1.63. The summed E-state index contributed by atoms with van der Waals surface area (Å²) in [4.78, 5) is 1.74. The second-order valence-corrected chi connectivity index (χ2v) is 7.01. The molecule has 1 aromatic carbocycles. The number of hydrogen-bond donors (Lipinski definition) is 0. The van der Waals surface area contributed by atoms with Crippen molar-refractivity contribution < 1.29 is 17.9 Å². The third-order valence-electron chi connectivity index (χ3n) is 5.26. The first-order chi connectivity index (χ1) is 12.0. The molecule has 1 saturated heterocycles. The van der Waals surface area contributed by atoms with Crippen LogP contribution in [0.3, 0.4) is 0 Å². The van der Waals surface area contributed by atoms with E-state index in [1.807, 2.05) is 6.07 Å². The maximum atomic E-state index is 13.3. The molecule has 6 heteroatoms. The van der Waals surface area contributed by atoms with Gasteiger partial charge in [0.25, 0.3) is 0 Å². The molecule has 0 spiro atoms. The number of nitrogens with zero attached hydrogens (tertiary/aromatic N) is 2. The van der Waals surface area contributed by atoms with E-state index in [1.54, 1.807) is 4.90 Å². The van der Waals surface area contributed by atoms with Gasteiger partial charge in [0.1, 0.15) is 0 Å². The quantitative estimate of drug-likeness (QED) is 0.784. The molecule has 0 atom stereocenters. The second kappa shape index (κ2) is 7.65. The van der Waals surface area contributed by atoms with Crippen LogP contribution in [0, 0.1) is 17.2 Å². The molecule has 2 aliphatic rings.